The molecule has 1 aromatic rings. The molecule has 1 atom stereocenters. The first-order chi connectivity index (χ1) is 8.66. The molecule has 0 radical (unpaired) electrons. The summed E-state index contributed by atoms with van der Waals surface area (Å²) in [6.45, 7) is 10.1. The molecule has 2 rings (SSSR count). The van der Waals surface area contributed by atoms with Crippen LogP contribution in [0.1, 0.15) is 31.7 Å². The Morgan fingerprint density at radius 2 is 1.83 bits per heavy atom. The maximum atomic E-state index is 5.91. The summed E-state index contributed by atoms with van der Waals surface area (Å²) in [4.78, 5) is 2.56. The molecule has 0 spiro atoms. The fourth-order valence-electron chi connectivity index (χ4n) is 2.59. The highest BCUT2D eigenvalue weighted by Gasteiger charge is 2.16. The third-order valence-corrected chi connectivity index (χ3v) is 4.04. The zero-order valence-corrected chi connectivity index (χ0v) is 11.9. The van der Waals surface area contributed by atoms with Crippen molar-refractivity contribution in [1.82, 2.24) is 4.90 Å². The van der Waals surface area contributed by atoms with Crippen molar-refractivity contribution >= 4 is 17.2 Å². The van der Waals surface area contributed by atoms with Crippen LogP contribution in [-0.4, -0.2) is 24.5 Å². The van der Waals surface area contributed by atoms with E-state index in [-0.39, 0.29) is 0 Å². The molecule has 1 saturated heterocycles. The minimum atomic E-state index is 0.504. The van der Waals surface area contributed by atoms with Gasteiger partial charge in [-0.05, 0) is 55.1 Å². The topological polar surface area (TPSA) is 3.24 Å². The maximum Gasteiger partial charge on any atom is 0.0406 e. The van der Waals surface area contributed by atoms with E-state index in [0.717, 1.165) is 11.6 Å². The van der Waals surface area contributed by atoms with E-state index in [1.165, 1.54) is 43.5 Å². The van der Waals surface area contributed by atoms with Gasteiger partial charge in [-0.2, -0.15) is 0 Å². The molecule has 0 bridgehead atoms. The lowest BCUT2D eigenvalue weighted by molar-refractivity contribution is 0.215. The highest BCUT2D eigenvalue weighted by molar-refractivity contribution is 6.30. The van der Waals surface area contributed by atoms with Crippen LogP contribution >= 0.6 is 11.6 Å². The minimum Gasteiger partial charge on any atom is -0.303 e. The Morgan fingerprint density at radius 1 is 1.22 bits per heavy atom. The predicted molar refractivity (Wildman–Crippen MR) is 79.9 cm³/mol. The molecule has 0 N–H and O–H groups in total. The molecular formula is C16H22ClN. The Kier molecular flexibility index (Phi) is 4.85. The normalized spacial score (nSPS) is 18.6. The van der Waals surface area contributed by atoms with E-state index in [2.05, 4.69) is 30.5 Å². The van der Waals surface area contributed by atoms with Crippen LogP contribution in [0.3, 0.4) is 0 Å². The van der Waals surface area contributed by atoms with E-state index in [9.17, 15) is 0 Å². The van der Waals surface area contributed by atoms with Crippen LogP contribution in [0.15, 0.2) is 30.8 Å². The first-order valence-corrected chi connectivity index (χ1v) is 7.21. The van der Waals surface area contributed by atoms with Gasteiger partial charge in [0.15, 0.2) is 0 Å². The Balaban J connectivity index is 1.93. The largest absolute Gasteiger partial charge is 0.303 e. The third kappa shape index (κ3) is 3.60. The van der Waals surface area contributed by atoms with Crippen molar-refractivity contribution in [2.75, 3.05) is 19.6 Å². The van der Waals surface area contributed by atoms with Crippen molar-refractivity contribution < 1.29 is 0 Å². The summed E-state index contributed by atoms with van der Waals surface area (Å²) < 4.78 is 0. The van der Waals surface area contributed by atoms with Gasteiger partial charge in [-0.25, -0.2) is 0 Å². The Labute approximate surface area is 115 Å². The number of benzene rings is 1. The highest BCUT2D eigenvalue weighted by Crippen LogP contribution is 2.24. The molecule has 1 heterocycles. The van der Waals surface area contributed by atoms with Gasteiger partial charge in [-0.1, -0.05) is 43.7 Å². The molecule has 0 amide bonds. The van der Waals surface area contributed by atoms with E-state index in [1.54, 1.807) is 0 Å². The number of halogens is 1. The van der Waals surface area contributed by atoms with Crippen LogP contribution in [-0.2, 0) is 0 Å². The lowest BCUT2D eigenvalue weighted by atomic mass is 9.94. The maximum absolute atomic E-state index is 5.91. The first-order valence-electron chi connectivity index (χ1n) is 6.84. The Bertz CT molecular complexity index is 390. The second kappa shape index (κ2) is 6.40. The van der Waals surface area contributed by atoms with Gasteiger partial charge in [-0.15, -0.1) is 0 Å². The van der Waals surface area contributed by atoms with E-state index in [1.807, 2.05) is 12.1 Å². The molecule has 0 aromatic heterocycles. The molecule has 1 aliphatic rings. The van der Waals surface area contributed by atoms with Gasteiger partial charge in [0.2, 0.25) is 0 Å². The second-order valence-corrected chi connectivity index (χ2v) is 5.73. The zero-order valence-electron chi connectivity index (χ0n) is 11.2. The summed E-state index contributed by atoms with van der Waals surface area (Å²) in [7, 11) is 0. The fraction of sp³-hybridized carbons (Fsp3) is 0.500. The summed E-state index contributed by atoms with van der Waals surface area (Å²) in [5.41, 5.74) is 2.43. The number of hydrogen-bond donors (Lipinski definition) is 0. The van der Waals surface area contributed by atoms with Crippen LogP contribution in [0.25, 0.3) is 5.57 Å². The van der Waals surface area contributed by atoms with Crippen LogP contribution in [0, 0.1) is 5.92 Å². The molecule has 98 valence electrons. The number of nitrogens with zero attached hydrogens (tertiary/aromatic N) is 1. The lowest BCUT2D eigenvalue weighted by Gasteiger charge is -2.29. The molecule has 1 unspecified atom stereocenters. The summed E-state index contributed by atoms with van der Waals surface area (Å²) in [5, 5.41) is 0.787. The van der Waals surface area contributed by atoms with Crippen LogP contribution in [0.2, 0.25) is 5.02 Å². The molecule has 18 heavy (non-hydrogen) atoms. The van der Waals surface area contributed by atoms with Crippen molar-refractivity contribution in [3.63, 3.8) is 0 Å². The standard InChI is InChI=1S/C16H22ClN/c1-13(12-18-10-4-3-5-11-18)14(2)15-6-8-16(17)9-7-15/h6-9,13H,2-5,10-12H2,1H3. The summed E-state index contributed by atoms with van der Waals surface area (Å²) >= 11 is 5.91. The van der Waals surface area contributed by atoms with Gasteiger partial charge in [-0.3, -0.25) is 0 Å². The first kappa shape index (κ1) is 13.6. The van der Waals surface area contributed by atoms with E-state index >= 15 is 0 Å². The number of likely N-dealkylation sites (tertiary alicyclic amines) is 1. The molecule has 1 aromatic carbocycles. The third-order valence-electron chi connectivity index (χ3n) is 3.79. The Hall–Kier alpha value is -0.790. The van der Waals surface area contributed by atoms with Crippen LogP contribution in [0.5, 0.6) is 0 Å². The predicted octanol–water partition coefficient (Wildman–Crippen LogP) is 4.48. The molecule has 1 aliphatic heterocycles. The minimum absolute atomic E-state index is 0.504. The van der Waals surface area contributed by atoms with Gasteiger partial charge in [0.1, 0.15) is 0 Å². The highest BCUT2D eigenvalue weighted by atomic mass is 35.5. The quantitative estimate of drug-likeness (QED) is 0.774. The monoisotopic (exact) mass is 263 g/mol. The van der Waals surface area contributed by atoms with Gasteiger partial charge in [0.25, 0.3) is 0 Å². The van der Waals surface area contributed by atoms with Crippen molar-refractivity contribution in [2.45, 2.75) is 26.2 Å². The summed E-state index contributed by atoms with van der Waals surface area (Å²) in [5.74, 6) is 0.504. The number of rotatable bonds is 4. The second-order valence-electron chi connectivity index (χ2n) is 5.29. The Morgan fingerprint density at radius 3 is 2.44 bits per heavy atom. The molecule has 1 nitrogen and oxygen atoms in total. The van der Waals surface area contributed by atoms with E-state index in [0.29, 0.717) is 5.92 Å². The number of hydrogen-bond acceptors (Lipinski definition) is 1. The van der Waals surface area contributed by atoms with Crippen LogP contribution in [0.4, 0.5) is 0 Å². The van der Waals surface area contributed by atoms with Gasteiger partial charge >= 0.3 is 0 Å². The van der Waals surface area contributed by atoms with E-state index in [4.69, 9.17) is 11.6 Å². The smallest absolute Gasteiger partial charge is 0.0406 e. The average molecular weight is 264 g/mol. The van der Waals surface area contributed by atoms with Gasteiger partial charge in [0.05, 0.1) is 0 Å². The van der Waals surface area contributed by atoms with Crippen LogP contribution < -0.4 is 0 Å². The van der Waals surface area contributed by atoms with Gasteiger partial charge < -0.3 is 4.90 Å². The van der Waals surface area contributed by atoms with Crippen molar-refractivity contribution in [2.24, 2.45) is 5.92 Å². The number of piperidine rings is 1. The van der Waals surface area contributed by atoms with Crippen molar-refractivity contribution in [3.05, 3.63) is 41.4 Å². The molecular weight excluding hydrogens is 242 g/mol. The molecule has 0 aliphatic carbocycles. The zero-order chi connectivity index (χ0) is 13.0. The summed E-state index contributed by atoms with van der Waals surface area (Å²) in [6.07, 6.45) is 4.09. The molecule has 1 fully saturated rings. The lowest BCUT2D eigenvalue weighted by Crippen LogP contribution is -2.33. The fourth-order valence-corrected chi connectivity index (χ4v) is 2.71. The summed E-state index contributed by atoms with van der Waals surface area (Å²) in [6, 6.07) is 8.01. The van der Waals surface area contributed by atoms with Crippen molar-refractivity contribution in [3.8, 4) is 0 Å². The average Bonchev–Trinajstić information content (AvgIpc) is 2.40. The van der Waals surface area contributed by atoms with Crippen molar-refractivity contribution in [1.29, 1.82) is 0 Å². The SMILES string of the molecule is C=C(c1ccc(Cl)cc1)C(C)CN1CCCCC1. The van der Waals surface area contributed by atoms with Gasteiger partial charge in [0, 0.05) is 11.6 Å². The molecule has 0 saturated carbocycles. The molecule has 2 heteroatoms. The van der Waals surface area contributed by atoms with E-state index < -0.39 is 0 Å².